The van der Waals surface area contributed by atoms with Crippen LogP contribution in [0.3, 0.4) is 0 Å². The largest absolute Gasteiger partial charge is 0.409 e. The zero-order valence-corrected chi connectivity index (χ0v) is 11.9. The van der Waals surface area contributed by atoms with Crippen LogP contribution in [0.4, 0.5) is 5.69 Å². The molecule has 0 aromatic heterocycles. The summed E-state index contributed by atoms with van der Waals surface area (Å²) in [6, 6.07) is 4.58. The van der Waals surface area contributed by atoms with E-state index in [1.165, 1.54) is 12.1 Å². The molecule has 0 aliphatic rings. The molecule has 0 atom stereocenters. The average molecular weight is 337 g/mol. The second kappa shape index (κ2) is 6.03. The maximum Gasteiger partial charge on any atom is 0.299 e. The van der Waals surface area contributed by atoms with Crippen LogP contribution in [0.2, 0.25) is 0 Å². The molecule has 0 heterocycles. The van der Waals surface area contributed by atoms with Crippen LogP contribution in [-0.4, -0.2) is 26.0 Å². The number of anilines is 1. The van der Waals surface area contributed by atoms with Crippen molar-refractivity contribution in [1.82, 2.24) is 4.72 Å². The zero-order chi connectivity index (χ0) is 13.8. The van der Waals surface area contributed by atoms with E-state index in [-0.39, 0.29) is 12.4 Å². The normalized spacial score (nSPS) is 12.4. The SMILES string of the molecule is CCNS(=O)(=O)Nc1ccc(/C(N)=N/O)cc1Br. The Labute approximate surface area is 113 Å². The Morgan fingerprint density at radius 2 is 2.22 bits per heavy atom. The van der Waals surface area contributed by atoms with Crippen molar-refractivity contribution in [3.8, 4) is 0 Å². The van der Waals surface area contributed by atoms with E-state index in [0.717, 1.165) is 0 Å². The van der Waals surface area contributed by atoms with Gasteiger partial charge < -0.3 is 10.9 Å². The molecular formula is C9H13BrN4O3S. The van der Waals surface area contributed by atoms with Gasteiger partial charge in [-0.2, -0.15) is 13.1 Å². The number of nitrogens with zero attached hydrogens (tertiary/aromatic N) is 1. The number of oxime groups is 1. The first-order valence-electron chi connectivity index (χ1n) is 4.94. The van der Waals surface area contributed by atoms with Crippen molar-refractivity contribution in [1.29, 1.82) is 0 Å². The Hall–Kier alpha value is -1.32. The number of amidine groups is 1. The van der Waals surface area contributed by atoms with Crippen LogP contribution in [-0.2, 0) is 10.2 Å². The van der Waals surface area contributed by atoms with Gasteiger partial charge in [0.05, 0.1) is 5.69 Å². The highest BCUT2D eigenvalue weighted by molar-refractivity contribution is 9.10. The summed E-state index contributed by atoms with van der Waals surface area (Å²) in [6.45, 7) is 1.96. The second-order valence-electron chi connectivity index (χ2n) is 3.28. The maximum absolute atomic E-state index is 11.5. The predicted molar refractivity (Wildman–Crippen MR) is 72.9 cm³/mol. The van der Waals surface area contributed by atoms with Gasteiger partial charge in [-0.15, -0.1) is 0 Å². The van der Waals surface area contributed by atoms with Crippen LogP contribution < -0.4 is 15.2 Å². The molecular weight excluding hydrogens is 324 g/mol. The molecule has 100 valence electrons. The Bertz CT molecular complexity index is 559. The number of halogens is 1. The molecule has 0 aliphatic carbocycles. The van der Waals surface area contributed by atoms with Crippen molar-refractivity contribution in [2.75, 3.05) is 11.3 Å². The minimum atomic E-state index is -3.59. The first-order chi connectivity index (χ1) is 8.39. The lowest BCUT2D eigenvalue weighted by Gasteiger charge is -2.10. The van der Waals surface area contributed by atoms with Gasteiger partial charge >= 0.3 is 0 Å². The van der Waals surface area contributed by atoms with E-state index in [9.17, 15) is 8.42 Å². The lowest BCUT2D eigenvalue weighted by Crippen LogP contribution is -2.29. The fourth-order valence-electron chi connectivity index (χ4n) is 1.19. The number of hydrogen-bond acceptors (Lipinski definition) is 4. The van der Waals surface area contributed by atoms with E-state index in [2.05, 4.69) is 30.5 Å². The highest BCUT2D eigenvalue weighted by Crippen LogP contribution is 2.24. The molecule has 0 amide bonds. The monoisotopic (exact) mass is 336 g/mol. The molecule has 0 fully saturated rings. The van der Waals surface area contributed by atoms with E-state index >= 15 is 0 Å². The number of hydrogen-bond donors (Lipinski definition) is 4. The van der Waals surface area contributed by atoms with Crippen LogP contribution >= 0.6 is 15.9 Å². The Kier molecular flexibility index (Phi) is 4.93. The summed E-state index contributed by atoms with van der Waals surface area (Å²) in [6.07, 6.45) is 0. The van der Waals surface area contributed by atoms with Gasteiger partial charge in [-0.05, 0) is 34.1 Å². The van der Waals surface area contributed by atoms with Gasteiger partial charge in [-0.25, -0.2) is 0 Å². The van der Waals surface area contributed by atoms with Gasteiger partial charge in [0.2, 0.25) is 0 Å². The maximum atomic E-state index is 11.5. The standard InChI is InChI=1S/C9H13BrN4O3S/c1-2-12-18(16,17)14-8-4-3-6(5-7(8)10)9(11)13-15/h3-5,12,14-15H,2H2,1H3,(H2,11,13). The Morgan fingerprint density at radius 3 is 2.72 bits per heavy atom. The molecule has 0 aliphatic heterocycles. The number of nitrogens with two attached hydrogens (primary N) is 1. The van der Waals surface area contributed by atoms with Gasteiger partial charge in [0.15, 0.2) is 5.84 Å². The summed E-state index contributed by atoms with van der Waals surface area (Å²) in [5.74, 6) is -0.0585. The third-order valence-electron chi connectivity index (χ3n) is 1.95. The van der Waals surface area contributed by atoms with Gasteiger partial charge in [-0.1, -0.05) is 12.1 Å². The quantitative estimate of drug-likeness (QED) is 0.275. The summed E-state index contributed by atoms with van der Waals surface area (Å²) < 4.78 is 28.1. The summed E-state index contributed by atoms with van der Waals surface area (Å²) in [7, 11) is -3.59. The minimum absolute atomic E-state index is 0.0585. The lowest BCUT2D eigenvalue weighted by molar-refractivity contribution is 0.318. The van der Waals surface area contributed by atoms with Crippen molar-refractivity contribution in [2.45, 2.75) is 6.92 Å². The first-order valence-corrected chi connectivity index (χ1v) is 7.22. The Morgan fingerprint density at radius 1 is 1.56 bits per heavy atom. The van der Waals surface area contributed by atoms with E-state index in [1.54, 1.807) is 13.0 Å². The first kappa shape index (κ1) is 14.7. The predicted octanol–water partition coefficient (Wildman–Crippen LogP) is 0.810. The van der Waals surface area contributed by atoms with E-state index in [4.69, 9.17) is 10.9 Å². The second-order valence-corrected chi connectivity index (χ2v) is 5.64. The van der Waals surface area contributed by atoms with E-state index in [1.807, 2.05) is 0 Å². The number of nitrogens with one attached hydrogen (secondary N) is 2. The van der Waals surface area contributed by atoms with Crippen molar-refractivity contribution >= 4 is 37.7 Å². The minimum Gasteiger partial charge on any atom is -0.409 e. The smallest absolute Gasteiger partial charge is 0.299 e. The molecule has 1 rings (SSSR count). The van der Waals surface area contributed by atoms with Crippen LogP contribution in [0.1, 0.15) is 12.5 Å². The molecule has 0 spiro atoms. The van der Waals surface area contributed by atoms with Gasteiger partial charge in [0.25, 0.3) is 10.2 Å². The van der Waals surface area contributed by atoms with Gasteiger partial charge in [0.1, 0.15) is 0 Å². The molecule has 0 bridgehead atoms. The molecule has 9 heteroatoms. The molecule has 0 radical (unpaired) electrons. The molecule has 0 saturated heterocycles. The average Bonchev–Trinajstić information content (AvgIpc) is 2.30. The van der Waals surface area contributed by atoms with Crippen molar-refractivity contribution in [3.05, 3.63) is 28.2 Å². The molecule has 5 N–H and O–H groups in total. The van der Waals surface area contributed by atoms with Crippen molar-refractivity contribution < 1.29 is 13.6 Å². The third-order valence-corrected chi connectivity index (χ3v) is 3.76. The zero-order valence-electron chi connectivity index (χ0n) is 9.51. The summed E-state index contributed by atoms with van der Waals surface area (Å²) >= 11 is 3.20. The topological polar surface area (TPSA) is 117 Å². The molecule has 7 nitrogen and oxygen atoms in total. The van der Waals surface area contributed by atoms with E-state index in [0.29, 0.717) is 15.7 Å². The molecule has 18 heavy (non-hydrogen) atoms. The fraction of sp³-hybridized carbons (Fsp3) is 0.222. The van der Waals surface area contributed by atoms with Crippen molar-refractivity contribution in [3.63, 3.8) is 0 Å². The molecule has 0 unspecified atom stereocenters. The number of benzene rings is 1. The summed E-state index contributed by atoms with van der Waals surface area (Å²) in [5.41, 5.74) is 6.24. The van der Waals surface area contributed by atoms with Crippen LogP contribution in [0.15, 0.2) is 27.8 Å². The van der Waals surface area contributed by atoms with Gasteiger partial charge in [0, 0.05) is 16.6 Å². The summed E-state index contributed by atoms with van der Waals surface area (Å²) in [4.78, 5) is 0. The molecule has 1 aromatic carbocycles. The molecule has 1 aromatic rings. The van der Waals surface area contributed by atoms with Crippen LogP contribution in [0.25, 0.3) is 0 Å². The summed E-state index contributed by atoms with van der Waals surface area (Å²) in [5, 5.41) is 11.4. The lowest BCUT2D eigenvalue weighted by atomic mass is 10.2. The van der Waals surface area contributed by atoms with Crippen LogP contribution in [0, 0.1) is 0 Å². The Balaban J connectivity index is 3.00. The highest BCUT2D eigenvalue weighted by Gasteiger charge is 2.11. The number of rotatable bonds is 5. The van der Waals surface area contributed by atoms with Crippen molar-refractivity contribution in [2.24, 2.45) is 10.9 Å². The highest BCUT2D eigenvalue weighted by atomic mass is 79.9. The van der Waals surface area contributed by atoms with Gasteiger partial charge in [-0.3, -0.25) is 4.72 Å². The van der Waals surface area contributed by atoms with E-state index < -0.39 is 10.2 Å². The fourth-order valence-corrected chi connectivity index (χ4v) is 2.71. The molecule has 0 saturated carbocycles. The third kappa shape index (κ3) is 3.86. The van der Waals surface area contributed by atoms with Crippen LogP contribution in [0.5, 0.6) is 0 Å².